The van der Waals surface area contributed by atoms with Gasteiger partial charge in [-0.3, -0.25) is 4.40 Å². The zero-order valence-electron chi connectivity index (χ0n) is 36.1. The highest BCUT2D eigenvalue weighted by Gasteiger charge is 2.23. The fourth-order valence-corrected chi connectivity index (χ4v) is 11.5. The second-order valence-electron chi connectivity index (χ2n) is 17.2. The molecule has 0 bridgehead atoms. The predicted molar refractivity (Wildman–Crippen MR) is 281 cm³/mol. The van der Waals surface area contributed by atoms with E-state index in [1.807, 2.05) is 17.4 Å². The highest BCUT2D eigenvalue weighted by atomic mass is 32.1. The van der Waals surface area contributed by atoms with Crippen LogP contribution in [-0.2, 0) is 0 Å². The lowest BCUT2D eigenvalue weighted by Crippen LogP contribution is -2.10. The van der Waals surface area contributed by atoms with Gasteiger partial charge in [-0.05, 0) is 94.0 Å². The highest BCUT2D eigenvalue weighted by molar-refractivity contribution is 7.24. The molecule has 4 aromatic heterocycles. The molecule has 0 saturated heterocycles. The van der Waals surface area contributed by atoms with Crippen molar-refractivity contribution >= 4 is 98.2 Å². The smallest absolute Gasteiger partial charge is 0.159 e. The summed E-state index contributed by atoms with van der Waals surface area (Å²) in [5, 5.41) is 5.59. The van der Waals surface area contributed by atoms with Crippen molar-refractivity contribution < 1.29 is 8.83 Å². The molecule has 67 heavy (non-hydrogen) atoms. The summed E-state index contributed by atoms with van der Waals surface area (Å²) in [7, 11) is 0. The van der Waals surface area contributed by atoms with Gasteiger partial charge in [0.15, 0.2) is 5.58 Å². The molecule has 0 radical (unpaired) electrons. The maximum atomic E-state index is 7.00. The molecule has 4 heterocycles. The van der Waals surface area contributed by atoms with Gasteiger partial charge in [0, 0.05) is 49.8 Å². The number of anilines is 3. The molecule has 0 N–H and O–H groups in total. The van der Waals surface area contributed by atoms with Gasteiger partial charge in [-0.15, -0.1) is 11.3 Å². The Morgan fingerprint density at radius 1 is 0.358 bits per heavy atom. The van der Waals surface area contributed by atoms with E-state index in [-0.39, 0.29) is 0 Å². The molecular weight excluding hydrogens is 837 g/mol. The summed E-state index contributed by atoms with van der Waals surface area (Å²) in [4.78, 5) is 3.56. The summed E-state index contributed by atoms with van der Waals surface area (Å²) in [6.45, 7) is 0. The van der Waals surface area contributed by atoms with Crippen LogP contribution in [0.1, 0.15) is 0 Å². The molecule has 4 nitrogen and oxygen atoms in total. The minimum atomic E-state index is 0.822. The van der Waals surface area contributed by atoms with E-state index in [4.69, 9.17) is 8.83 Å². The van der Waals surface area contributed by atoms with Crippen LogP contribution >= 0.6 is 11.3 Å². The topological polar surface area (TPSA) is 33.9 Å². The van der Waals surface area contributed by atoms with Crippen molar-refractivity contribution in [3.8, 4) is 44.5 Å². The second kappa shape index (κ2) is 15.0. The molecule has 5 heteroatoms. The summed E-state index contributed by atoms with van der Waals surface area (Å²) >= 11 is 1.85. The van der Waals surface area contributed by atoms with Crippen LogP contribution < -0.4 is 4.90 Å². The molecular formula is C62H38N2O2S. The highest BCUT2D eigenvalue weighted by Crippen LogP contribution is 2.47. The monoisotopic (exact) mass is 874 g/mol. The number of thiazole rings is 1. The summed E-state index contributed by atoms with van der Waals surface area (Å²) in [6, 6.07) is 82.2. The van der Waals surface area contributed by atoms with Crippen LogP contribution in [0.2, 0.25) is 0 Å². The molecule has 0 aliphatic rings. The van der Waals surface area contributed by atoms with Crippen molar-refractivity contribution in [1.82, 2.24) is 4.40 Å². The van der Waals surface area contributed by atoms with E-state index in [1.54, 1.807) is 0 Å². The van der Waals surface area contributed by atoms with Gasteiger partial charge in [-0.1, -0.05) is 164 Å². The molecule has 0 unspecified atom stereocenters. The van der Waals surface area contributed by atoms with Gasteiger partial charge in [0.2, 0.25) is 0 Å². The quantitative estimate of drug-likeness (QED) is 0.160. The third kappa shape index (κ3) is 5.99. The fraction of sp³-hybridized carbons (Fsp3) is 0. The average Bonchev–Trinajstić information content (AvgIpc) is 4.15. The third-order valence-electron chi connectivity index (χ3n) is 13.4. The SMILES string of the molecule is c1ccc(-c2ccc(N(c3ccc4c(c3)oc3cc(-c5ccc6c(c5)sc5c(-c7ccccc7)c7ccccc7n56)ccc34)c3cccc4c3oc3c(-c5ccccc5)cccc34)cc2)cc1. The number of nitrogens with zero attached hydrogens (tertiary/aromatic N) is 2. The van der Waals surface area contributed by atoms with Gasteiger partial charge >= 0.3 is 0 Å². The first-order valence-corrected chi connectivity index (χ1v) is 23.5. The molecule has 0 aliphatic carbocycles. The van der Waals surface area contributed by atoms with Crippen LogP contribution in [0.4, 0.5) is 17.1 Å². The number of para-hydroxylation sites is 3. The number of hydrogen-bond donors (Lipinski definition) is 0. The summed E-state index contributed by atoms with van der Waals surface area (Å²) in [6.07, 6.45) is 0. The van der Waals surface area contributed by atoms with Crippen LogP contribution in [0.25, 0.3) is 114 Å². The average molecular weight is 875 g/mol. The van der Waals surface area contributed by atoms with E-state index >= 15 is 0 Å². The molecule has 0 amide bonds. The number of rotatable bonds is 7. The van der Waals surface area contributed by atoms with Crippen molar-refractivity contribution in [2.45, 2.75) is 0 Å². The number of aromatic nitrogens is 1. The van der Waals surface area contributed by atoms with E-state index < -0.39 is 0 Å². The third-order valence-corrected chi connectivity index (χ3v) is 14.5. The standard InChI is InChI=1S/C62H38N2O2S/c1-4-14-39(15-5-1)40-26-30-45(31-27-40)63(55-25-13-23-51-50-22-12-21-47(60(50)66-61(51)55)41-16-6-2-7-17-41)46-32-34-49-48-33-28-43(36-56(48)65-57(49)38-46)44-29-35-54-58(37-44)67-62-59(42-18-8-3-9-19-42)52-20-10-11-24-53(52)64(54)62/h1-38H. The largest absolute Gasteiger partial charge is 0.456 e. The van der Waals surface area contributed by atoms with Crippen LogP contribution in [-0.4, -0.2) is 4.40 Å². The van der Waals surface area contributed by atoms with E-state index in [0.717, 1.165) is 88.8 Å². The van der Waals surface area contributed by atoms with E-state index in [2.05, 4.69) is 234 Å². The summed E-state index contributed by atoms with van der Waals surface area (Å²) < 4.78 is 17.5. The van der Waals surface area contributed by atoms with Crippen molar-refractivity contribution in [2.24, 2.45) is 0 Å². The number of furan rings is 2. The van der Waals surface area contributed by atoms with Crippen LogP contribution in [0, 0.1) is 0 Å². The zero-order valence-corrected chi connectivity index (χ0v) is 36.9. The lowest BCUT2D eigenvalue weighted by molar-refractivity contribution is 0.668. The molecule has 314 valence electrons. The number of hydrogen-bond acceptors (Lipinski definition) is 4. The molecule has 14 rings (SSSR count). The minimum absolute atomic E-state index is 0.822. The number of benzene rings is 10. The molecule has 0 aliphatic heterocycles. The van der Waals surface area contributed by atoms with Gasteiger partial charge in [-0.25, -0.2) is 0 Å². The maximum absolute atomic E-state index is 7.00. The molecule has 10 aromatic carbocycles. The molecule has 0 fully saturated rings. The van der Waals surface area contributed by atoms with Crippen LogP contribution in [0.5, 0.6) is 0 Å². The van der Waals surface area contributed by atoms with Gasteiger partial charge in [0.25, 0.3) is 0 Å². The van der Waals surface area contributed by atoms with Crippen molar-refractivity contribution in [3.63, 3.8) is 0 Å². The Kier molecular flexibility index (Phi) is 8.42. The Bertz CT molecular complexity index is 4200. The Morgan fingerprint density at radius 2 is 0.940 bits per heavy atom. The first-order valence-electron chi connectivity index (χ1n) is 22.6. The fourth-order valence-electron chi connectivity index (χ4n) is 10.3. The molecule has 14 aromatic rings. The van der Waals surface area contributed by atoms with Crippen molar-refractivity contribution in [3.05, 3.63) is 231 Å². The second-order valence-corrected chi connectivity index (χ2v) is 18.3. The Balaban J connectivity index is 0.892. The number of fused-ring (bicyclic) bond motifs is 11. The Hall–Kier alpha value is -8.64. The lowest BCUT2D eigenvalue weighted by Gasteiger charge is -2.25. The van der Waals surface area contributed by atoms with Crippen molar-refractivity contribution in [1.29, 1.82) is 0 Å². The molecule has 0 spiro atoms. The first kappa shape index (κ1) is 37.7. The van der Waals surface area contributed by atoms with E-state index in [0.29, 0.717) is 0 Å². The van der Waals surface area contributed by atoms with Gasteiger partial charge < -0.3 is 13.7 Å². The van der Waals surface area contributed by atoms with E-state index in [9.17, 15) is 0 Å². The molecule has 0 atom stereocenters. The maximum Gasteiger partial charge on any atom is 0.159 e. The molecule has 0 saturated carbocycles. The van der Waals surface area contributed by atoms with Gasteiger partial charge in [-0.2, -0.15) is 0 Å². The lowest BCUT2D eigenvalue weighted by atomic mass is 10.0. The van der Waals surface area contributed by atoms with Crippen LogP contribution in [0.3, 0.4) is 0 Å². The Labute approximate surface area is 389 Å². The first-order chi connectivity index (χ1) is 33.2. The Morgan fingerprint density at radius 3 is 1.73 bits per heavy atom. The summed E-state index contributed by atoms with van der Waals surface area (Å²) in [5.41, 5.74) is 18.1. The summed E-state index contributed by atoms with van der Waals surface area (Å²) in [5.74, 6) is 0. The van der Waals surface area contributed by atoms with Gasteiger partial charge in [0.1, 0.15) is 21.6 Å². The van der Waals surface area contributed by atoms with Gasteiger partial charge in [0.05, 0.1) is 27.1 Å². The van der Waals surface area contributed by atoms with E-state index in [1.165, 1.54) is 42.6 Å². The zero-order chi connectivity index (χ0) is 44.0. The minimum Gasteiger partial charge on any atom is -0.456 e. The predicted octanol–water partition coefficient (Wildman–Crippen LogP) is 18.2. The normalized spacial score (nSPS) is 11.9. The van der Waals surface area contributed by atoms with Crippen LogP contribution in [0.15, 0.2) is 239 Å². The van der Waals surface area contributed by atoms with Crippen molar-refractivity contribution in [2.75, 3.05) is 4.90 Å².